The zero-order valence-electron chi connectivity index (χ0n) is 31.1. The maximum absolute atomic E-state index is 6.41. The fraction of sp³-hybridized carbons (Fsp3) is 0.0943. The Balaban J connectivity index is 1.03. The van der Waals surface area contributed by atoms with Crippen LogP contribution >= 0.6 is 0 Å². The molecular weight excluding hydrogens is 681 g/mol. The van der Waals surface area contributed by atoms with Crippen LogP contribution < -0.4 is 9.80 Å². The fourth-order valence-corrected chi connectivity index (χ4v) is 9.58. The minimum atomic E-state index is -0.0311. The van der Waals surface area contributed by atoms with E-state index in [1.54, 1.807) is 0 Å². The minimum absolute atomic E-state index is 0.0311. The Morgan fingerprint density at radius 1 is 0.357 bits per heavy atom. The first-order valence-electron chi connectivity index (χ1n) is 19.8. The lowest BCUT2D eigenvalue weighted by molar-refractivity contribution is 0.507. The lowest BCUT2D eigenvalue weighted by atomic mass is 9.76. The standard InChI is InChI=1S/C53H40N2O/c1-5-13-37(14-6-1)40-23-27-51-47(33-40)48-34-44(26-28-52(48)56-51)55(43-19-11-4-12-20-43)46-25-22-39-30-32-53(50(39)36-46)31-29-38-21-24-45(35-49(38)53)54(41-15-7-2-8-16-41)42-17-9-3-10-18-42/h1-28,33-36H,29-32H2/t53-/m1/s1. The molecule has 3 nitrogen and oxygen atoms in total. The number of anilines is 6. The number of hydrogen-bond acceptors (Lipinski definition) is 3. The summed E-state index contributed by atoms with van der Waals surface area (Å²) in [5.74, 6) is 0. The first-order valence-corrected chi connectivity index (χ1v) is 19.8. The summed E-state index contributed by atoms with van der Waals surface area (Å²) < 4.78 is 6.41. The molecule has 1 heterocycles. The van der Waals surface area contributed by atoms with Gasteiger partial charge in [0, 0.05) is 50.3 Å². The summed E-state index contributed by atoms with van der Waals surface area (Å²) in [6.45, 7) is 0. The Kier molecular flexibility index (Phi) is 7.67. The highest BCUT2D eigenvalue weighted by Gasteiger charge is 2.45. The van der Waals surface area contributed by atoms with E-state index >= 15 is 0 Å². The van der Waals surface area contributed by atoms with E-state index in [1.807, 2.05) is 0 Å². The van der Waals surface area contributed by atoms with Crippen LogP contribution in [0, 0.1) is 0 Å². The molecule has 3 heteroatoms. The first-order chi connectivity index (χ1) is 27.7. The molecule has 8 aromatic carbocycles. The van der Waals surface area contributed by atoms with Crippen LogP contribution in [0.5, 0.6) is 0 Å². The normalized spacial score (nSPS) is 15.6. The molecule has 1 spiro atoms. The van der Waals surface area contributed by atoms with Gasteiger partial charge in [0.05, 0.1) is 0 Å². The quantitative estimate of drug-likeness (QED) is 0.163. The van der Waals surface area contributed by atoms with E-state index in [4.69, 9.17) is 4.42 Å². The number of benzene rings is 8. The Morgan fingerprint density at radius 2 is 0.786 bits per heavy atom. The van der Waals surface area contributed by atoms with Gasteiger partial charge in [0.1, 0.15) is 11.2 Å². The minimum Gasteiger partial charge on any atom is -0.456 e. The molecule has 2 aliphatic rings. The molecule has 1 aromatic heterocycles. The van der Waals surface area contributed by atoms with Crippen molar-refractivity contribution in [1.82, 2.24) is 0 Å². The third kappa shape index (κ3) is 5.34. The summed E-state index contributed by atoms with van der Waals surface area (Å²) in [7, 11) is 0. The lowest BCUT2D eigenvalue weighted by Gasteiger charge is -2.31. The lowest BCUT2D eigenvalue weighted by Crippen LogP contribution is -2.22. The van der Waals surface area contributed by atoms with Crippen molar-refractivity contribution in [2.45, 2.75) is 31.1 Å². The van der Waals surface area contributed by atoms with Crippen molar-refractivity contribution in [2.75, 3.05) is 9.80 Å². The summed E-state index contributed by atoms with van der Waals surface area (Å²) in [4.78, 5) is 4.82. The number of rotatable bonds is 7. The van der Waals surface area contributed by atoms with Crippen LogP contribution in [0.15, 0.2) is 199 Å². The van der Waals surface area contributed by atoms with Crippen molar-refractivity contribution < 1.29 is 4.42 Å². The number of fused-ring (bicyclic) bond motifs is 7. The molecule has 11 rings (SSSR count). The van der Waals surface area contributed by atoms with Crippen LogP contribution in [0.2, 0.25) is 0 Å². The summed E-state index contributed by atoms with van der Waals surface area (Å²) in [6, 6.07) is 70.5. The Morgan fingerprint density at radius 3 is 1.32 bits per heavy atom. The maximum Gasteiger partial charge on any atom is 0.135 e. The van der Waals surface area contributed by atoms with Gasteiger partial charge in [-0.25, -0.2) is 0 Å². The van der Waals surface area contributed by atoms with Gasteiger partial charge < -0.3 is 14.2 Å². The highest BCUT2D eigenvalue weighted by Crippen LogP contribution is 2.55. The topological polar surface area (TPSA) is 19.6 Å². The van der Waals surface area contributed by atoms with Gasteiger partial charge in [0.2, 0.25) is 0 Å². The highest BCUT2D eigenvalue weighted by atomic mass is 16.3. The number of para-hydroxylation sites is 3. The molecule has 0 unspecified atom stereocenters. The van der Waals surface area contributed by atoms with E-state index in [-0.39, 0.29) is 5.41 Å². The molecule has 0 N–H and O–H groups in total. The van der Waals surface area contributed by atoms with Gasteiger partial charge in [-0.1, -0.05) is 103 Å². The summed E-state index contributed by atoms with van der Waals surface area (Å²) in [5.41, 5.74) is 17.0. The summed E-state index contributed by atoms with van der Waals surface area (Å²) in [6.07, 6.45) is 4.43. The fourth-order valence-electron chi connectivity index (χ4n) is 9.58. The molecule has 2 aliphatic carbocycles. The van der Waals surface area contributed by atoms with Crippen molar-refractivity contribution in [1.29, 1.82) is 0 Å². The molecule has 56 heavy (non-hydrogen) atoms. The van der Waals surface area contributed by atoms with Crippen LogP contribution in [0.25, 0.3) is 33.1 Å². The first kappa shape index (κ1) is 32.6. The predicted molar refractivity (Wildman–Crippen MR) is 232 cm³/mol. The van der Waals surface area contributed by atoms with Gasteiger partial charge in [-0.05, 0) is 150 Å². The second kappa shape index (κ2) is 13.2. The molecule has 0 aliphatic heterocycles. The van der Waals surface area contributed by atoms with Gasteiger partial charge in [-0.15, -0.1) is 0 Å². The zero-order chi connectivity index (χ0) is 37.1. The molecular formula is C53H40N2O. The zero-order valence-corrected chi connectivity index (χ0v) is 31.1. The Hall–Kier alpha value is -6.84. The van der Waals surface area contributed by atoms with Crippen molar-refractivity contribution in [2.24, 2.45) is 0 Å². The largest absolute Gasteiger partial charge is 0.456 e. The van der Waals surface area contributed by atoms with Crippen LogP contribution in [-0.4, -0.2) is 0 Å². The summed E-state index contributed by atoms with van der Waals surface area (Å²) in [5, 5.41) is 2.25. The molecule has 0 saturated carbocycles. The molecule has 0 amide bonds. The van der Waals surface area contributed by atoms with Gasteiger partial charge >= 0.3 is 0 Å². The van der Waals surface area contributed by atoms with Crippen LogP contribution in [0.3, 0.4) is 0 Å². The molecule has 0 bridgehead atoms. The highest BCUT2D eigenvalue weighted by molar-refractivity contribution is 6.08. The van der Waals surface area contributed by atoms with E-state index in [2.05, 4.69) is 204 Å². The second-order valence-corrected chi connectivity index (χ2v) is 15.3. The number of aryl methyl sites for hydroxylation is 2. The van der Waals surface area contributed by atoms with Crippen molar-refractivity contribution in [3.8, 4) is 11.1 Å². The molecule has 0 fully saturated rings. The average molecular weight is 721 g/mol. The van der Waals surface area contributed by atoms with E-state index < -0.39 is 0 Å². The SMILES string of the molecule is c1ccc(-c2ccc3oc4ccc(N(c5ccccc5)c5ccc6c(c5)[C@]5(CCc7ccc(N(c8ccccc8)c8ccccc8)cc75)CC6)cc4c3c2)cc1. The van der Waals surface area contributed by atoms with Gasteiger partial charge in [-0.3, -0.25) is 0 Å². The monoisotopic (exact) mass is 720 g/mol. The average Bonchev–Trinajstić information content (AvgIpc) is 3.95. The van der Waals surface area contributed by atoms with E-state index in [0.717, 1.165) is 70.4 Å². The van der Waals surface area contributed by atoms with Gasteiger partial charge in [0.15, 0.2) is 0 Å². The van der Waals surface area contributed by atoms with Crippen molar-refractivity contribution in [3.05, 3.63) is 216 Å². The number of furan rings is 1. The van der Waals surface area contributed by atoms with Crippen LogP contribution in [0.4, 0.5) is 34.1 Å². The molecule has 0 radical (unpaired) electrons. The van der Waals surface area contributed by atoms with E-state index in [1.165, 1.54) is 44.8 Å². The molecule has 1 atom stereocenters. The van der Waals surface area contributed by atoms with Crippen LogP contribution in [0.1, 0.15) is 35.1 Å². The molecule has 268 valence electrons. The third-order valence-electron chi connectivity index (χ3n) is 12.2. The van der Waals surface area contributed by atoms with Gasteiger partial charge in [0.25, 0.3) is 0 Å². The molecule has 0 saturated heterocycles. The molecule has 9 aromatic rings. The van der Waals surface area contributed by atoms with Gasteiger partial charge in [-0.2, -0.15) is 0 Å². The smallest absolute Gasteiger partial charge is 0.135 e. The maximum atomic E-state index is 6.41. The Labute approximate surface area is 327 Å². The van der Waals surface area contributed by atoms with E-state index in [0.29, 0.717) is 0 Å². The third-order valence-corrected chi connectivity index (χ3v) is 12.2. The van der Waals surface area contributed by atoms with Crippen molar-refractivity contribution >= 4 is 56.1 Å². The Bertz CT molecular complexity index is 2820. The number of hydrogen-bond donors (Lipinski definition) is 0. The predicted octanol–water partition coefficient (Wildman–Crippen LogP) is 14.4. The van der Waals surface area contributed by atoms with E-state index in [9.17, 15) is 0 Å². The number of nitrogens with zero attached hydrogens (tertiary/aromatic N) is 2. The summed E-state index contributed by atoms with van der Waals surface area (Å²) >= 11 is 0. The van der Waals surface area contributed by atoms with Crippen molar-refractivity contribution in [3.63, 3.8) is 0 Å². The van der Waals surface area contributed by atoms with Crippen LogP contribution in [-0.2, 0) is 18.3 Å². The second-order valence-electron chi connectivity index (χ2n) is 15.3.